The zero-order valence-electron chi connectivity index (χ0n) is 15.1. The van der Waals surface area contributed by atoms with Crippen LogP contribution in [0.3, 0.4) is 0 Å². The van der Waals surface area contributed by atoms with E-state index in [-0.39, 0.29) is 13.2 Å². The predicted molar refractivity (Wildman–Crippen MR) is 103 cm³/mol. The van der Waals surface area contributed by atoms with Crippen LogP contribution < -0.4 is 10.4 Å². The monoisotopic (exact) mass is 386 g/mol. The van der Waals surface area contributed by atoms with Crippen molar-refractivity contribution < 1.29 is 18.7 Å². The zero-order chi connectivity index (χ0) is 19.4. The van der Waals surface area contributed by atoms with Crippen molar-refractivity contribution in [2.24, 2.45) is 0 Å². The predicted octanol–water partition coefficient (Wildman–Crippen LogP) is 4.44. The molecule has 3 aromatic rings. The number of carbonyl (C=O) groups excluding carboxylic acids is 1. The van der Waals surface area contributed by atoms with Crippen LogP contribution in [0, 0.1) is 6.92 Å². The van der Waals surface area contributed by atoms with Crippen molar-refractivity contribution >= 4 is 28.5 Å². The maximum atomic E-state index is 12.2. The Morgan fingerprint density at radius 3 is 2.67 bits per heavy atom. The molecule has 0 fully saturated rings. The summed E-state index contributed by atoms with van der Waals surface area (Å²) >= 11 is 6.06. The maximum Gasteiger partial charge on any atom is 0.337 e. The van der Waals surface area contributed by atoms with E-state index >= 15 is 0 Å². The first kappa shape index (κ1) is 19.1. The molecule has 0 saturated heterocycles. The number of esters is 1. The summed E-state index contributed by atoms with van der Waals surface area (Å²) < 4.78 is 16.1. The minimum atomic E-state index is -0.536. The van der Waals surface area contributed by atoms with E-state index < -0.39 is 11.6 Å². The fourth-order valence-corrected chi connectivity index (χ4v) is 2.96. The van der Waals surface area contributed by atoms with E-state index in [4.69, 9.17) is 25.5 Å². The number of carbonyl (C=O) groups is 1. The van der Waals surface area contributed by atoms with Crippen LogP contribution in [-0.4, -0.2) is 12.6 Å². The van der Waals surface area contributed by atoms with Crippen molar-refractivity contribution in [1.82, 2.24) is 0 Å². The maximum absolute atomic E-state index is 12.2. The standard InChI is InChI=1S/C21H19ClO5/c1-3-14-9-16-13(2)8-20(23)27-19(16)10-18(14)26-21(24)12-25-11-15-6-4-5-7-17(15)22/h4-10H,3,11-12H2,1-2H3. The lowest BCUT2D eigenvalue weighted by Crippen LogP contribution is -2.16. The van der Waals surface area contributed by atoms with Crippen LogP contribution in [0.5, 0.6) is 5.75 Å². The molecule has 6 heteroatoms. The first-order valence-electron chi connectivity index (χ1n) is 8.57. The Morgan fingerprint density at radius 1 is 1.15 bits per heavy atom. The highest BCUT2D eigenvalue weighted by Crippen LogP contribution is 2.28. The molecule has 140 valence electrons. The normalized spacial score (nSPS) is 10.9. The molecule has 0 unspecified atom stereocenters. The Labute approximate surface area is 161 Å². The fraction of sp³-hybridized carbons (Fsp3) is 0.238. The largest absolute Gasteiger partial charge is 0.424 e. The summed E-state index contributed by atoms with van der Waals surface area (Å²) in [4.78, 5) is 23.7. The first-order valence-corrected chi connectivity index (χ1v) is 8.95. The Bertz CT molecular complexity index is 1040. The van der Waals surface area contributed by atoms with Crippen LogP contribution in [0.25, 0.3) is 11.0 Å². The van der Waals surface area contributed by atoms with Crippen LogP contribution in [0.1, 0.15) is 23.6 Å². The van der Waals surface area contributed by atoms with E-state index in [0.717, 1.165) is 22.1 Å². The molecular formula is C21H19ClO5. The van der Waals surface area contributed by atoms with Crippen LogP contribution in [0.4, 0.5) is 0 Å². The summed E-state index contributed by atoms with van der Waals surface area (Å²) in [5.41, 5.74) is 2.40. The SMILES string of the molecule is CCc1cc2c(C)cc(=O)oc2cc1OC(=O)COCc1ccccc1Cl. The molecule has 0 N–H and O–H groups in total. The third-order valence-corrected chi connectivity index (χ3v) is 4.54. The van der Waals surface area contributed by atoms with Gasteiger partial charge < -0.3 is 13.9 Å². The highest BCUT2D eigenvalue weighted by Gasteiger charge is 2.13. The number of hydrogen-bond acceptors (Lipinski definition) is 5. The summed E-state index contributed by atoms with van der Waals surface area (Å²) in [5.74, 6) is -0.170. The molecule has 2 aromatic carbocycles. The smallest absolute Gasteiger partial charge is 0.337 e. The van der Waals surface area contributed by atoms with Crippen molar-refractivity contribution in [1.29, 1.82) is 0 Å². The topological polar surface area (TPSA) is 65.7 Å². The van der Waals surface area contributed by atoms with Gasteiger partial charge in [0.2, 0.25) is 0 Å². The second-order valence-electron chi connectivity index (χ2n) is 6.12. The third-order valence-electron chi connectivity index (χ3n) is 4.17. The molecule has 0 atom stereocenters. The van der Waals surface area contributed by atoms with Gasteiger partial charge in [-0.3, -0.25) is 0 Å². The lowest BCUT2D eigenvalue weighted by Gasteiger charge is -2.11. The van der Waals surface area contributed by atoms with Gasteiger partial charge in [-0.25, -0.2) is 9.59 Å². The van der Waals surface area contributed by atoms with Gasteiger partial charge >= 0.3 is 11.6 Å². The van der Waals surface area contributed by atoms with E-state index in [1.165, 1.54) is 6.07 Å². The van der Waals surface area contributed by atoms with Gasteiger partial charge in [-0.2, -0.15) is 0 Å². The lowest BCUT2D eigenvalue weighted by atomic mass is 10.1. The molecule has 3 rings (SSSR count). The van der Waals surface area contributed by atoms with E-state index in [1.807, 2.05) is 38.1 Å². The highest BCUT2D eigenvalue weighted by atomic mass is 35.5. The number of benzene rings is 2. The van der Waals surface area contributed by atoms with Crippen molar-refractivity contribution in [2.75, 3.05) is 6.61 Å². The molecule has 1 aromatic heterocycles. The molecule has 0 spiro atoms. The summed E-state index contributed by atoms with van der Waals surface area (Å²) in [7, 11) is 0. The van der Waals surface area contributed by atoms with Gasteiger partial charge in [0, 0.05) is 22.5 Å². The van der Waals surface area contributed by atoms with Gasteiger partial charge in [-0.15, -0.1) is 0 Å². The summed E-state index contributed by atoms with van der Waals surface area (Å²) in [6.45, 7) is 3.79. The molecule has 5 nitrogen and oxygen atoms in total. The molecule has 0 saturated carbocycles. The quantitative estimate of drug-likeness (QED) is 0.356. The van der Waals surface area contributed by atoms with Gasteiger partial charge in [0.25, 0.3) is 0 Å². The van der Waals surface area contributed by atoms with E-state index in [2.05, 4.69) is 0 Å². The second-order valence-corrected chi connectivity index (χ2v) is 6.52. The van der Waals surface area contributed by atoms with Crippen LogP contribution >= 0.6 is 11.6 Å². The third kappa shape index (κ3) is 4.56. The molecule has 0 aliphatic heterocycles. The molecular weight excluding hydrogens is 368 g/mol. The zero-order valence-corrected chi connectivity index (χ0v) is 15.8. The van der Waals surface area contributed by atoms with E-state index in [1.54, 1.807) is 12.1 Å². The van der Waals surface area contributed by atoms with Gasteiger partial charge in [0.05, 0.1) is 6.61 Å². The van der Waals surface area contributed by atoms with Gasteiger partial charge in [0.15, 0.2) is 0 Å². The molecule has 0 aliphatic rings. The summed E-state index contributed by atoms with van der Waals surface area (Å²) in [5, 5.41) is 1.40. The van der Waals surface area contributed by atoms with Gasteiger partial charge in [-0.1, -0.05) is 36.7 Å². The lowest BCUT2D eigenvalue weighted by molar-refractivity contribution is -0.139. The first-order chi connectivity index (χ1) is 13.0. The number of fused-ring (bicyclic) bond motifs is 1. The number of hydrogen-bond donors (Lipinski definition) is 0. The Hall–Kier alpha value is -2.63. The minimum absolute atomic E-state index is 0.210. The fourth-order valence-electron chi connectivity index (χ4n) is 2.77. The van der Waals surface area contributed by atoms with E-state index in [0.29, 0.717) is 22.8 Å². The number of rotatable bonds is 6. The second kappa shape index (κ2) is 8.37. The molecule has 1 heterocycles. The van der Waals surface area contributed by atoms with Crippen molar-refractivity contribution in [2.45, 2.75) is 26.9 Å². The molecule has 0 radical (unpaired) electrons. The Kier molecular flexibility index (Phi) is 5.94. The Balaban J connectivity index is 1.72. The van der Waals surface area contributed by atoms with Crippen LogP contribution in [0.15, 0.2) is 51.7 Å². The van der Waals surface area contributed by atoms with Crippen molar-refractivity contribution in [3.8, 4) is 5.75 Å². The minimum Gasteiger partial charge on any atom is -0.424 e. The van der Waals surface area contributed by atoms with Gasteiger partial charge in [0.1, 0.15) is 17.9 Å². The molecule has 0 amide bonds. The number of aryl methyl sites for hydroxylation is 2. The van der Waals surface area contributed by atoms with E-state index in [9.17, 15) is 9.59 Å². The van der Waals surface area contributed by atoms with Crippen LogP contribution in [-0.2, 0) is 22.6 Å². The number of ether oxygens (including phenoxy) is 2. The van der Waals surface area contributed by atoms with Crippen LogP contribution in [0.2, 0.25) is 5.02 Å². The average molecular weight is 387 g/mol. The highest BCUT2D eigenvalue weighted by molar-refractivity contribution is 6.31. The average Bonchev–Trinajstić information content (AvgIpc) is 2.62. The molecule has 27 heavy (non-hydrogen) atoms. The summed E-state index contributed by atoms with van der Waals surface area (Å²) in [6, 6.07) is 12.2. The van der Waals surface area contributed by atoms with Crippen molar-refractivity contribution in [3.05, 3.63) is 74.6 Å². The number of halogens is 1. The Morgan fingerprint density at radius 2 is 1.93 bits per heavy atom. The molecule has 0 aliphatic carbocycles. The van der Waals surface area contributed by atoms with Gasteiger partial charge in [-0.05, 0) is 42.2 Å². The summed E-state index contributed by atoms with van der Waals surface area (Å²) in [6.07, 6.45) is 0.664. The van der Waals surface area contributed by atoms with Crippen molar-refractivity contribution in [3.63, 3.8) is 0 Å². The molecule has 0 bridgehead atoms.